The lowest BCUT2D eigenvalue weighted by Crippen LogP contribution is -2.38. The molecule has 2 aliphatic rings. The molecule has 0 fully saturated rings. The van der Waals surface area contributed by atoms with Gasteiger partial charge in [-0.2, -0.15) is 0 Å². The van der Waals surface area contributed by atoms with Gasteiger partial charge in [0.2, 0.25) is 11.8 Å². The molecule has 3 heterocycles. The van der Waals surface area contributed by atoms with Gasteiger partial charge >= 0.3 is 0 Å². The maximum atomic E-state index is 15.1. The minimum atomic E-state index is -0.692. The molecule has 1 N–H and O–H groups in total. The van der Waals surface area contributed by atoms with Gasteiger partial charge in [0.05, 0.1) is 16.8 Å². The molecule has 0 saturated carbocycles. The molecule has 2 aliphatic heterocycles. The van der Waals surface area contributed by atoms with Gasteiger partial charge in [-0.1, -0.05) is 43.1 Å². The van der Waals surface area contributed by atoms with Gasteiger partial charge in [0.1, 0.15) is 5.82 Å². The second kappa shape index (κ2) is 11.1. The van der Waals surface area contributed by atoms with Gasteiger partial charge in [0, 0.05) is 47.1 Å². The van der Waals surface area contributed by atoms with Crippen molar-refractivity contribution in [3.05, 3.63) is 88.5 Å². The average Bonchev–Trinajstić information content (AvgIpc) is 2.92. The number of nitrogens with zero attached hydrogens (tertiary/aromatic N) is 2. The maximum absolute atomic E-state index is 15.1. The highest BCUT2D eigenvalue weighted by atomic mass is 35.5. The molecule has 8 heteroatoms. The summed E-state index contributed by atoms with van der Waals surface area (Å²) < 4.78 is 15.1. The standard InChI is InChI=1S/C31H29ClFN3O3/c1-18-6-5-9-27(26-16-20(12-14-34-26)23-7-3-4-8-25(23)35-31(18)39)36-15-13-21(17-28(36)38)29-22(19(2)37)10-11-24(32)30(29)33/h3-4,7-8,10-12,14,16-18,27H,5-6,9,13,15H2,1-2H3,(H,35,39). The second-order valence-electron chi connectivity index (χ2n) is 10.1. The Bertz CT molecular complexity index is 1500. The van der Waals surface area contributed by atoms with E-state index in [4.69, 9.17) is 11.6 Å². The Morgan fingerprint density at radius 1 is 1.13 bits per heavy atom. The number of pyridine rings is 1. The van der Waals surface area contributed by atoms with E-state index in [1.54, 1.807) is 11.1 Å². The molecule has 3 aromatic rings. The number of para-hydroxylation sites is 1. The maximum Gasteiger partial charge on any atom is 0.247 e. The van der Waals surface area contributed by atoms with Crippen LogP contribution in [0.2, 0.25) is 5.02 Å². The zero-order valence-corrected chi connectivity index (χ0v) is 22.6. The summed E-state index contributed by atoms with van der Waals surface area (Å²) in [5.41, 5.74) is 4.01. The average molecular weight is 546 g/mol. The molecule has 200 valence electrons. The number of Topliss-reactive ketones (excluding diaryl/α,β-unsaturated/α-hetero) is 1. The molecular formula is C31H29ClFN3O3. The highest BCUT2D eigenvalue weighted by Gasteiger charge is 2.31. The second-order valence-corrected chi connectivity index (χ2v) is 10.6. The number of benzene rings is 2. The molecule has 2 amide bonds. The van der Waals surface area contributed by atoms with E-state index in [0.29, 0.717) is 37.8 Å². The molecule has 1 aromatic heterocycles. The van der Waals surface area contributed by atoms with Crippen LogP contribution in [0.25, 0.3) is 16.7 Å². The van der Waals surface area contributed by atoms with Crippen molar-refractivity contribution >= 4 is 40.5 Å². The first kappa shape index (κ1) is 26.8. The van der Waals surface area contributed by atoms with Crippen molar-refractivity contribution in [3.63, 3.8) is 0 Å². The van der Waals surface area contributed by atoms with Crippen LogP contribution in [0, 0.1) is 11.7 Å². The van der Waals surface area contributed by atoms with Crippen molar-refractivity contribution in [1.82, 2.24) is 9.88 Å². The number of rotatable bonds is 3. The first-order valence-electron chi connectivity index (χ1n) is 13.1. The SMILES string of the molecule is CC(=O)c1ccc(Cl)c(F)c1C1=CC(=O)N(C2CCCC(C)C(=O)Nc3ccccc3-c3ccnc2c3)CC1. The molecule has 5 rings (SSSR count). The van der Waals surface area contributed by atoms with E-state index in [0.717, 1.165) is 22.5 Å². The summed E-state index contributed by atoms with van der Waals surface area (Å²) in [6.45, 7) is 3.60. The van der Waals surface area contributed by atoms with Crippen LogP contribution in [0.4, 0.5) is 10.1 Å². The fraction of sp³-hybridized carbons (Fsp3) is 0.290. The molecule has 2 atom stereocenters. The summed E-state index contributed by atoms with van der Waals surface area (Å²) in [6.07, 6.45) is 5.49. The van der Waals surface area contributed by atoms with E-state index in [9.17, 15) is 14.4 Å². The predicted octanol–water partition coefficient (Wildman–Crippen LogP) is 6.86. The molecule has 2 unspecified atom stereocenters. The van der Waals surface area contributed by atoms with Crippen LogP contribution in [0.5, 0.6) is 0 Å². The minimum absolute atomic E-state index is 0.0414. The lowest BCUT2D eigenvalue weighted by molar-refractivity contribution is -0.129. The smallest absolute Gasteiger partial charge is 0.247 e. The van der Waals surface area contributed by atoms with Gasteiger partial charge in [-0.05, 0) is 67.7 Å². The Labute approximate surface area is 231 Å². The van der Waals surface area contributed by atoms with Gasteiger partial charge in [-0.3, -0.25) is 19.4 Å². The number of hydrogen-bond acceptors (Lipinski definition) is 4. The Kier molecular flexibility index (Phi) is 7.62. The number of hydrogen-bond donors (Lipinski definition) is 1. The molecular weight excluding hydrogens is 517 g/mol. The van der Waals surface area contributed by atoms with E-state index >= 15 is 4.39 Å². The Morgan fingerprint density at radius 3 is 2.69 bits per heavy atom. The minimum Gasteiger partial charge on any atom is -0.330 e. The first-order chi connectivity index (χ1) is 18.7. The van der Waals surface area contributed by atoms with Crippen LogP contribution in [0.3, 0.4) is 0 Å². The zero-order valence-electron chi connectivity index (χ0n) is 21.8. The number of fused-ring (bicyclic) bond motifs is 4. The summed E-state index contributed by atoms with van der Waals surface area (Å²) >= 11 is 6.03. The summed E-state index contributed by atoms with van der Waals surface area (Å²) in [7, 11) is 0. The fourth-order valence-electron chi connectivity index (χ4n) is 5.43. The summed E-state index contributed by atoms with van der Waals surface area (Å²) in [4.78, 5) is 45.1. The first-order valence-corrected chi connectivity index (χ1v) is 13.5. The normalized spacial score (nSPS) is 19.8. The van der Waals surface area contributed by atoms with E-state index in [-0.39, 0.29) is 45.7 Å². The topological polar surface area (TPSA) is 79.4 Å². The number of nitrogens with one attached hydrogen (secondary N) is 1. The van der Waals surface area contributed by atoms with Crippen molar-refractivity contribution in [2.24, 2.45) is 5.92 Å². The Hall–Kier alpha value is -3.84. The summed E-state index contributed by atoms with van der Waals surface area (Å²) in [5, 5.41) is 2.97. The highest BCUT2D eigenvalue weighted by molar-refractivity contribution is 6.31. The molecule has 0 spiro atoms. The fourth-order valence-corrected chi connectivity index (χ4v) is 5.59. The van der Waals surface area contributed by atoms with Crippen molar-refractivity contribution < 1.29 is 18.8 Å². The van der Waals surface area contributed by atoms with Crippen LogP contribution >= 0.6 is 11.6 Å². The number of anilines is 1. The number of aromatic nitrogens is 1. The van der Waals surface area contributed by atoms with E-state index in [1.165, 1.54) is 25.1 Å². The summed E-state index contributed by atoms with van der Waals surface area (Å²) in [5.74, 6) is -1.51. The third-order valence-electron chi connectivity index (χ3n) is 7.56. The van der Waals surface area contributed by atoms with Gasteiger partial charge < -0.3 is 10.2 Å². The predicted molar refractivity (Wildman–Crippen MR) is 150 cm³/mol. The molecule has 6 nitrogen and oxygen atoms in total. The van der Waals surface area contributed by atoms with Crippen molar-refractivity contribution in [2.45, 2.75) is 45.6 Å². The van der Waals surface area contributed by atoms with Crippen molar-refractivity contribution in [1.29, 1.82) is 0 Å². The van der Waals surface area contributed by atoms with Gasteiger partial charge in [-0.15, -0.1) is 0 Å². The van der Waals surface area contributed by atoms with Gasteiger partial charge in [0.25, 0.3) is 0 Å². The van der Waals surface area contributed by atoms with Crippen molar-refractivity contribution in [3.8, 4) is 11.1 Å². The van der Waals surface area contributed by atoms with Crippen LogP contribution in [-0.2, 0) is 9.59 Å². The number of halogens is 2. The molecule has 0 radical (unpaired) electrons. The number of ketones is 1. The number of carbonyl (C=O) groups is 3. The van der Waals surface area contributed by atoms with E-state index in [1.807, 2.05) is 43.3 Å². The van der Waals surface area contributed by atoms with E-state index < -0.39 is 5.82 Å². The largest absolute Gasteiger partial charge is 0.330 e. The monoisotopic (exact) mass is 545 g/mol. The number of carbonyl (C=O) groups excluding carboxylic acids is 3. The Morgan fingerprint density at radius 2 is 1.92 bits per heavy atom. The van der Waals surface area contributed by atoms with Crippen LogP contribution in [0.1, 0.15) is 67.2 Å². The lowest BCUT2D eigenvalue weighted by atomic mass is 9.90. The lowest BCUT2D eigenvalue weighted by Gasteiger charge is -2.35. The molecule has 0 saturated heterocycles. The Balaban J connectivity index is 1.54. The van der Waals surface area contributed by atoms with Crippen LogP contribution in [0.15, 0.2) is 60.8 Å². The third-order valence-corrected chi connectivity index (χ3v) is 7.85. The molecule has 0 aliphatic carbocycles. The van der Waals surface area contributed by atoms with Crippen molar-refractivity contribution in [2.75, 3.05) is 11.9 Å². The van der Waals surface area contributed by atoms with Crippen LogP contribution in [-0.4, -0.2) is 34.0 Å². The van der Waals surface area contributed by atoms with Crippen LogP contribution < -0.4 is 5.32 Å². The third kappa shape index (κ3) is 5.36. The molecule has 39 heavy (non-hydrogen) atoms. The molecule has 2 bridgehead atoms. The highest BCUT2D eigenvalue weighted by Crippen LogP contribution is 2.37. The quantitative estimate of drug-likeness (QED) is 0.365. The van der Waals surface area contributed by atoms with Gasteiger partial charge in [-0.25, -0.2) is 4.39 Å². The summed E-state index contributed by atoms with van der Waals surface area (Å²) in [6, 6.07) is 14.0. The van der Waals surface area contributed by atoms with E-state index in [2.05, 4.69) is 10.3 Å². The molecule has 2 aromatic carbocycles. The number of amides is 2. The van der Waals surface area contributed by atoms with Gasteiger partial charge in [0.15, 0.2) is 5.78 Å². The zero-order chi connectivity index (χ0) is 27.7.